The molecule has 100 valence electrons. The molecule has 0 bridgehead atoms. The smallest absolute Gasteiger partial charge is 0.184 e. The lowest BCUT2D eigenvalue weighted by atomic mass is 10.2. The second kappa shape index (κ2) is 5.24. The zero-order chi connectivity index (χ0) is 13.2. The van der Waals surface area contributed by atoms with Crippen LogP contribution in [-0.4, -0.2) is 33.9 Å². The average molecular weight is 273 g/mol. The Kier molecular flexibility index (Phi) is 3.87. The molecule has 18 heavy (non-hydrogen) atoms. The summed E-state index contributed by atoms with van der Waals surface area (Å²) < 4.78 is 43.3. The molecular weight excluding hydrogens is 257 g/mol. The van der Waals surface area contributed by atoms with Gasteiger partial charge in [0.25, 0.3) is 0 Å². The van der Waals surface area contributed by atoms with E-state index in [4.69, 9.17) is 4.74 Å². The first-order valence-electron chi connectivity index (χ1n) is 5.84. The van der Waals surface area contributed by atoms with E-state index >= 15 is 0 Å². The van der Waals surface area contributed by atoms with E-state index in [2.05, 4.69) is 5.32 Å². The highest BCUT2D eigenvalue weighted by Crippen LogP contribution is 2.26. The number of methoxy groups -OCH3 is 1. The topological polar surface area (TPSA) is 55.4 Å². The Morgan fingerprint density at radius 1 is 1.33 bits per heavy atom. The first kappa shape index (κ1) is 13.3. The Morgan fingerprint density at radius 2 is 2.00 bits per heavy atom. The van der Waals surface area contributed by atoms with Crippen LogP contribution in [0, 0.1) is 5.82 Å². The summed E-state index contributed by atoms with van der Waals surface area (Å²) in [5, 5.41) is 2.59. The summed E-state index contributed by atoms with van der Waals surface area (Å²) in [5.41, 5.74) is 0. The van der Waals surface area contributed by atoms with Crippen molar-refractivity contribution in [3.8, 4) is 5.75 Å². The van der Waals surface area contributed by atoms with Crippen LogP contribution in [0.3, 0.4) is 0 Å². The molecule has 0 saturated carbocycles. The molecule has 4 nitrogen and oxygen atoms in total. The van der Waals surface area contributed by atoms with Gasteiger partial charge in [-0.05, 0) is 38.1 Å². The van der Waals surface area contributed by atoms with Crippen LogP contribution < -0.4 is 10.1 Å². The lowest BCUT2D eigenvalue weighted by Gasteiger charge is -2.22. The Bertz CT molecular complexity index is 524. The molecule has 1 fully saturated rings. The predicted molar refractivity (Wildman–Crippen MR) is 66.0 cm³/mol. The van der Waals surface area contributed by atoms with Gasteiger partial charge in [-0.25, -0.2) is 12.8 Å². The molecule has 6 heteroatoms. The van der Waals surface area contributed by atoms with Gasteiger partial charge in [-0.3, -0.25) is 0 Å². The van der Waals surface area contributed by atoms with Crippen LogP contribution in [0.5, 0.6) is 5.75 Å². The minimum absolute atomic E-state index is 0.227. The number of benzene rings is 1. The van der Waals surface area contributed by atoms with E-state index in [0.717, 1.165) is 6.07 Å². The molecule has 0 atom stereocenters. The van der Waals surface area contributed by atoms with Gasteiger partial charge in [0.2, 0.25) is 0 Å². The van der Waals surface area contributed by atoms with Crippen molar-refractivity contribution in [1.82, 2.24) is 5.32 Å². The van der Waals surface area contributed by atoms with Gasteiger partial charge in [-0.1, -0.05) is 0 Å². The summed E-state index contributed by atoms with van der Waals surface area (Å²) in [6.45, 7) is 1.31. The molecule has 1 saturated heterocycles. The average Bonchev–Trinajstić information content (AvgIpc) is 2.39. The second-order valence-electron chi connectivity index (χ2n) is 4.29. The monoisotopic (exact) mass is 273 g/mol. The van der Waals surface area contributed by atoms with Crippen molar-refractivity contribution in [1.29, 1.82) is 0 Å². The number of sulfone groups is 1. The molecule has 1 aromatic rings. The van der Waals surface area contributed by atoms with Gasteiger partial charge < -0.3 is 10.1 Å². The van der Waals surface area contributed by atoms with Gasteiger partial charge in [0, 0.05) is 6.07 Å². The van der Waals surface area contributed by atoms with E-state index in [1.807, 2.05) is 0 Å². The van der Waals surface area contributed by atoms with Crippen LogP contribution in [0.25, 0.3) is 0 Å². The first-order valence-corrected chi connectivity index (χ1v) is 7.38. The Morgan fingerprint density at radius 3 is 2.56 bits per heavy atom. The van der Waals surface area contributed by atoms with Crippen molar-refractivity contribution in [3.05, 3.63) is 24.0 Å². The van der Waals surface area contributed by atoms with Gasteiger partial charge in [-0.15, -0.1) is 0 Å². The molecule has 0 aliphatic carbocycles. The molecular formula is C12H16FNO3S. The lowest BCUT2D eigenvalue weighted by molar-refractivity contribution is 0.409. The Labute approximate surface area is 106 Å². The number of nitrogens with one attached hydrogen (secondary N) is 1. The van der Waals surface area contributed by atoms with Crippen molar-refractivity contribution in [2.24, 2.45) is 0 Å². The quantitative estimate of drug-likeness (QED) is 0.903. The van der Waals surface area contributed by atoms with Crippen LogP contribution in [0.4, 0.5) is 4.39 Å². The van der Waals surface area contributed by atoms with E-state index in [0.29, 0.717) is 31.7 Å². The fraction of sp³-hybridized carbons (Fsp3) is 0.500. The zero-order valence-electron chi connectivity index (χ0n) is 10.1. The van der Waals surface area contributed by atoms with Crippen LogP contribution >= 0.6 is 0 Å². The largest absolute Gasteiger partial charge is 0.497 e. The molecule has 1 aromatic carbocycles. The zero-order valence-corrected chi connectivity index (χ0v) is 11.0. The maximum atomic E-state index is 13.8. The maximum Gasteiger partial charge on any atom is 0.184 e. The number of hydrogen-bond acceptors (Lipinski definition) is 4. The van der Waals surface area contributed by atoms with E-state index in [1.54, 1.807) is 0 Å². The molecule has 2 rings (SSSR count). The third-order valence-electron chi connectivity index (χ3n) is 3.17. The Hall–Kier alpha value is -1.14. The molecule has 1 heterocycles. The van der Waals surface area contributed by atoms with E-state index in [-0.39, 0.29) is 4.90 Å². The van der Waals surface area contributed by atoms with E-state index < -0.39 is 20.9 Å². The lowest BCUT2D eigenvalue weighted by Crippen LogP contribution is -2.36. The van der Waals surface area contributed by atoms with Crippen molar-refractivity contribution in [2.75, 3.05) is 20.2 Å². The number of halogens is 1. The summed E-state index contributed by atoms with van der Waals surface area (Å²) in [4.78, 5) is -0.227. The molecule has 0 aromatic heterocycles. The second-order valence-corrected chi connectivity index (χ2v) is 6.49. The molecule has 1 aliphatic rings. The molecule has 0 amide bonds. The molecule has 0 spiro atoms. The summed E-state index contributed by atoms with van der Waals surface area (Å²) in [7, 11) is -2.18. The third-order valence-corrected chi connectivity index (χ3v) is 5.46. The maximum absolute atomic E-state index is 13.8. The van der Waals surface area contributed by atoms with Crippen LogP contribution in [0.2, 0.25) is 0 Å². The first-order chi connectivity index (χ1) is 8.55. The highest BCUT2D eigenvalue weighted by atomic mass is 32.2. The number of ether oxygens (including phenoxy) is 1. The van der Waals surface area contributed by atoms with Crippen molar-refractivity contribution in [2.45, 2.75) is 23.0 Å². The summed E-state index contributed by atoms with van der Waals surface area (Å²) >= 11 is 0. The van der Waals surface area contributed by atoms with Gasteiger partial charge >= 0.3 is 0 Å². The summed E-state index contributed by atoms with van der Waals surface area (Å²) in [6, 6.07) is 3.86. The highest BCUT2D eigenvalue weighted by Gasteiger charge is 2.31. The summed E-state index contributed by atoms with van der Waals surface area (Å²) in [5.74, 6) is -0.426. The van der Waals surface area contributed by atoms with Crippen molar-refractivity contribution in [3.63, 3.8) is 0 Å². The standard InChI is InChI=1S/C12H16FNO3S/c1-17-9-2-3-12(11(13)8-9)18(15,16)10-4-6-14-7-5-10/h2-3,8,10,14H,4-7H2,1H3. The normalized spacial score (nSPS) is 17.7. The predicted octanol–water partition coefficient (Wildman–Crippen LogP) is 1.36. The summed E-state index contributed by atoms with van der Waals surface area (Å²) in [6.07, 6.45) is 1.04. The number of rotatable bonds is 3. The van der Waals surface area contributed by atoms with Gasteiger partial charge in [0.15, 0.2) is 9.84 Å². The Balaban J connectivity index is 2.34. The fourth-order valence-electron chi connectivity index (χ4n) is 2.12. The minimum atomic E-state index is -3.59. The van der Waals surface area contributed by atoms with Gasteiger partial charge in [0.1, 0.15) is 16.5 Å². The highest BCUT2D eigenvalue weighted by molar-refractivity contribution is 7.92. The van der Waals surface area contributed by atoms with Gasteiger partial charge in [0.05, 0.1) is 12.4 Å². The minimum Gasteiger partial charge on any atom is -0.497 e. The van der Waals surface area contributed by atoms with Crippen LogP contribution in [0.1, 0.15) is 12.8 Å². The third kappa shape index (κ3) is 2.49. The molecule has 0 unspecified atom stereocenters. The van der Waals surface area contributed by atoms with Gasteiger partial charge in [-0.2, -0.15) is 0 Å². The van der Waals surface area contributed by atoms with Crippen LogP contribution in [-0.2, 0) is 9.84 Å². The molecule has 1 aliphatic heterocycles. The number of piperidine rings is 1. The fourth-order valence-corrected chi connectivity index (χ4v) is 3.93. The van der Waals surface area contributed by atoms with Crippen molar-refractivity contribution >= 4 is 9.84 Å². The number of hydrogen-bond donors (Lipinski definition) is 1. The van der Waals surface area contributed by atoms with Crippen molar-refractivity contribution < 1.29 is 17.5 Å². The molecule has 1 N–H and O–H groups in total. The van der Waals surface area contributed by atoms with Crippen LogP contribution in [0.15, 0.2) is 23.1 Å². The van der Waals surface area contributed by atoms with E-state index in [1.165, 1.54) is 19.2 Å². The SMILES string of the molecule is COc1ccc(S(=O)(=O)C2CCNCC2)c(F)c1. The van der Waals surface area contributed by atoms with E-state index in [9.17, 15) is 12.8 Å². The molecule has 0 radical (unpaired) electrons.